The van der Waals surface area contributed by atoms with E-state index >= 15 is 0 Å². The van der Waals surface area contributed by atoms with Crippen molar-refractivity contribution in [3.63, 3.8) is 0 Å². The van der Waals surface area contributed by atoms with Gasteiger partial charge in [-0.15, -0.1) is 0 Å². The Labute approximate surface area is 59.7 Å². The highest BCUT2D eigenvalue weighted by molar-refractivity contribution is 4.91. The maximum Gasteiger partial charge on any atom is 0.183 e. The molecular weight excluding hydrogens is 136 g/mol. The molecule has 0 bridgehead atoms. The molecule has 0 fully saturated rings. The lowest BCUT2D eigenvalue weighted by Gasteiger charge is -2.36. The highest BCUT2D eigenvalue weighted by atomic mass is 16.5. The van der Waals surface area contributed by atoms with Crippen LogP contribution in [0.3, 0.4) is 0 Å². The van der Waals surface area contributed by atoms with E-state index in [0.717, 1.165) is 6.92 Å². The van der Waals surface area contributed by atoms with Crippen LogP contribution in [0.2, 0.25) is 0 Å². The molecular formula is C6H14O4. The van der Waals surface area contributed by atoms with Crippen LogP contribution in [-0.4, -0.2) is 37.9 Å². The van der Waals surface area contributed by atoms with Crippen LogP contribution in [0.1, 0.15) is 20.8 Å². The van der Waals surface area contributed by atoms with Crippen LogP contribution in [0.15, 0.2) is 0 Å². The van der Waals surface area contributed by atoms with E-state index in [1.807, 2.05) is 0 Å². The van der Waals surface area contributed by atoms with Gasteiger partial charge in [0.05, 0.1) is 5.60 Å². The van der Waals surface area contributed by atoms with Crippen molar-refractivity contribution in [2.24, 2.45) is 0 Å². The van der Waals surface area contributed by atoms with Crippen LogP contribution in [0.5, 0.6) is 0 Å². The van der Waals surface area contributed by atoms with E-state index in [9.17, 15) is 5.11 Å². The first-order chi connectivity index (χ1) is 4.19. The van der Waals surface area contributed by atoms with Crippen molar-refractivity contribution in [2.45, 2.75) is 38.3 Å². The molecule has 0 aromatic carbocycles. The lowest BCUT2D eigenvalue weighted by molar-refractivity contribution is -0.242. The van der Waals surface area contributed by atoms with Crippen LogP contribution in [0.4, 0.5) is 0 Å². The van der Waals surface area contributed by atoms with E-state index < -0.39 is 17.5 Å². The Morgan fingerprint density at radius 3 is 1.30 bits per heavy atom. The monoisotopic (exact) mass is 150 g/mol. The SMILES string of the molecule is CC(C)(O)C(C)(O)C(O)O. The van der Waals surface area contributed by atoms with Crippen molar-refractivity contribution in [1.82, 2.24) is 0 Å². The Morgan fingerprint density at radius 2 is 1.30 bits per heavy atom. The largest absolute Gasteiger partial charge is 0.387 e. The first-order valence-electron chi connectivity index (χ1n) is 3.00. The average Bonchev–Trinajstić information content (AvgIpc) is 1.62. The highest BCUT2D eigenvalue weighted by Crippen LogP contribution is 2.23. The summed E-state index contributed by atoms with van der Waals surface area (Å²) in [7, 11) is 0. The van der Waals surface area contributed by atoms with Crippen molar-refractivity contribution < 1.29 is 20.4 Å². The molecule has 4 N–H and O–H groups in total. The van der Waals surface area contributed by atoms with E-state index in [1.165, 1.54) is 13.8 Å². The molecule has 62 valence electrons. The normalized spacial score (nSPS) is 19.2. The molecule has 0 aromatic rings. The second kappa shape index (κ2) is 2.47. The molecule has 10 heavy (non-hydrogen) atoms. The van der Waals surface area contributed by atoms with Crippen LogP contribution >= 0.6 is 0 Å². The van der Waals surface area contributed by atoms with Crippen molar-refractivity contribution in [1.29, 1.82) is 0 Å². The molecule has 0 heterocycles. The van der Waals surface area contributed by atoms with Gasteiger partial charge in [-0.25, -0.2) is 0 Å². The topological polar surface area (TPSA) is 80.9 Å². The molecule has 0 saturated carbocycles. The summed E-state index contributed by atoms with van der Waals surface area (Å²) in [6, 6.07) is 0. The van der Waals surface area contributed by atoms with E-state index in [4.69, 9.17) is 15.3 Å². The summed E-state index contributed by atoms with van der Waals surface area (Å²) in [5.41, 5.74) is -3.42. The van der Waals surface area contributed by atoms with E-state index in [-0.39, 0.29) is 0 Å². The fourth-order valence-corrected chi connectivity index (χ4v) is 0.316. The van der Waals surface area contributed by atoms with Crippen molar-refractivity contribution in [2.75, 3.05) is 0 Å². The fraction of sp³-hybridized carbons (Fsp3) is 1.00. The standard InChI is InChI=1S/C6H14O4/c1-5(2,9)6(3,10)4(7)8/h4,7-10H,1-3H3. The summed E-state index contributed by atoms with van der Waals surface area (Å²) < 4.78 is 0. The van der Waals surface area contributed by atoms with Gasteiger partial charge in [-0.2, -0.15) is 0 Å². The lowest BCUT2D eigenvalue weighted by Crippen LogP contribution is -2.55. The third-order valence-electron chi connectivity index (χ3n) is 1.74. The Hall–Kier alpha value is -0.160. The number of hydrogen-bond acceptors (Lipinski definition) is 4. The first-order valence-corrected chi connectivity index (χ1v) is 3.00. The molecule has 0 aliphatic rings. The summed E-state index contributed by atoms with van der Waals surface area (Å²) >= 11 is 0. The first kappa shape index (κ1) is 9.84. The minimum absolute atomic E-state index is 1.15. The minimum atomic E-state index is -1.94. The van der Waals surface area contributed by atoms with Gasteiger partial charge in [0, 0.05) is 0 Å². The van der Waals surface area contributed by atoms with Crippen LogP contribution in [0, 0.1) is 0 Å². The number of aliphatic hydroxyl groups is 4. The third-order valence-corrected chi connectivity index (χ3v) is 1.74. The van der Waals surface area contributed by atoms with Crippen molar-refractivity contribution >= 4 is 0 Å². The summed E-state index contributed by atoms with van der Waals surface area (Å²) in [5, 5.41) is 35.4. The van der Waals surface area contributed by atoms with Crippen LogP contribution in [-0.2, 0) is 0 Å². The van der Waals surface area contributed by atoms with Gasteiger partial charge >= 0.3 is 0 Å². The van der Waals surface area contributed by atoms with Gasteiger partial charge in [0.25, 0.3) is 0 Å². The van der Waals surface area contributed by atoms with Gasteiger partial charge in [0.1, 0.15) is 5.60 Å². The third kappa shape index (κ3) is 1.67. The van der Waals surface area contributed by atoms with Crippen LogP contribution in [0.25, 0.3) is 0 Å². The number of aliphatic hydroxyl groups excluding tert-OH is 1. The van der Waals surface area contributed by atoms with E-state index in [2.05, 4.69) is 0 Å². The molecule has 0 aliphatic carbocycles. The highest BCUT2D eigenvalue weighted by Gasteiger charge is 2.43. The van der Waals surface area contributed by atoms with Gasteiger partial charge in [-0.1, -0.05) is 0 Å². The maximum absolute atomic E-state index is 9.18. The zero-order valence-electron chi connectivity index (χ0n) is 6.37. The summed E-state index contributed by atoms with van der Waals surface area (Å²) in [4.78, 5) is 0. The summed E-state index contributed by atoms with van der Waals surface area (Å²) in [6.07, 6.45) is -1.94. The maximum atomic E-state index is 9.18. The molecule has 1 unspecified atom stereocenters. The Balaban J connectivity index is 4.40. The molecule has 4 nitrogen and oxygen atoms in total. The predicted molar refractivity (Wildman–Crippen MR) is 35.1 cm³/mol. The average molecular weight is 150 g/mol. The molecule has 4 heteroatoms. The van der Waals surface area contributed by atoms with Crippen molar-refractivity contribution in [3.8, 4) is 0 Å². The zero-order valence-corrected chi connectivity index (χ0v) is 6.37. The summed E-state index contributed by atoms with van der Waals surface area (Å²) in [6.45, 7) is 3.75. The number of rotatable bonds is 2. The molecule has 0 rings (SSSR count). The predicted octanol–water partition coefficient (Wildman–Crippen LogP) is -1.18. The Bertz CT molecular complexity index is 111. The van der Waals surface area contributed by atoms with Gasteiger partial charge < -0.3 is 20.4 Å². The quantitative estimate of drug-likeness (QED) is 0.373. The van der Waals surface area contributed by atoms with Gasteiger partial charge in [0.15, 0.2) is 6.29 Å². The Morgan fingerprint density at radius 1 is 1.00 bits per heavy atom. The Kier molecular flexibility index (Phi) is 2.43. The van der Waals surface area contributed by atoms with Gasteiger partial charge in [-0.3, -0.25) is 0 Å². The second-order valence-corrected chi connectivity index (χ2v) is 3.08. The molecule has 0 aromatic heterocycles. The summed E-state index contributed by atoms with van der Waals surface area (Å²) in [5.74, 6) is 0. The molecule has 0 amide bonds. The number of hydrogen-bond donors (Lipinski definition) is 4. The lowest BCUT2D eigenvalue weighted by atomic mass is 9.87. The van der Waals surface area contributed by atoms with Gasteiger partial charge in [-0.05, 0) is 20.8 Å². The second-order valence-electron chi connectivity index (χ2n) is 3.08. The minimum Gasteiger partial charge on any atom is -0.387 e. The van der Waals surface area contributed by atoms with Crippen molar-refractivity contribution in [3.05, 3.63) is 0 Å². The molecule has 0 radical (unpaired) electrons. The van der Waals surface area contributed by atoms with Crippen LogP contribution < -0.4 is 0 Å². The smallest absolute Gasteiger partial charge is 0.183 e. The van der Waals surface area contributed by atoms with E-state index in [1.54, 1.807) is 0 Å². The zero-order chi connectivity index (χ0) is 8.58. The van der Waals surface area contributed by atoms with Gasteiger partial charge in [0.2, 0.25) is 0 Å². The molecule has 0 aliphatic heterocycles. The molecule has 1 atom stereocenters. The molecule has 0 saturated heterocycles. The fourth-order valence-electron chi connectivity index (χ4n) is 0.316. The molecule has 0 spiro atoms. The van der Waals surface area contributed by atoms with E-state index in [0.29, 0.717) is 0 Å².